The van der Waals surface area contributed by atoms with E-state index in [1.807, 2.05) is 45.9 Å². The number of aryl methyl sites for hydroxylation is 1. The van der Waals surface area contributed by atoms with Gasteiger partial charge in [-0.15, -0.1) is 0 Å². The summed E-state index contributed by atoms with van der Waals surface area (Å²) in [4.78, 5) is 16.7. The van der Waals surface area contributed by atoms with E-state index in [2.05, 4.69) is 10.4 Å². The lowest BCUT2D eigenvalue weighted by atomic mass is 10.1. The second kappa shape index (κ2) is 4.44. The summed E-state index contributed by atoms with van der Waals surface area (Å²) >= 11 is 0. The Hall–Kier alpha value is -1.84. The van der Waals surface area contributed by atoms with E-state index in [1.165, 1.54) is 0 Å². The first-order chi connectivity index (χ1) is 8.42. The van der Waals surface area contributed by atoms with Crippen molar-refractivity contribution in [3.05, 3.63) is 40.3 Å². The highest BCUT2D eigenvalue weighted by Gasteiger charge is 2.14. The second-order valence-corrected chi connectivity index (χ2v) is 5.44. The maximum absolute atomic E-state index is 12.4. The molecule has 2 aromatic heterocycles. The van der Waals surface area contributed by atoms with E-state index < -0.39 is 0 Å². The molecule has 0 bridgehead atoms. The van der Waals surface area contributed by atoms with Crippen LogP contribution in [0.15, 0.2) is 29.2 Å². The predicted molar refractivity (Wildman–Crippen MR) is 74.5 cm³/mol. The molecule has 0 amide bonds. The summed E-state index contributed by atoms with van der Waals surface area (Å²) in [6.07, 6.45) is 2.42. The lowest BCUT2D eigenvalue weighted by Gasteiger charge is -2.24. The van der Waals surface area contributed by atoms with Gasteiger partial charge in [0.1, 0.15) is 0 Å². The van der Waals surface area contributed by atoms with Gasteiger partial charge in [-0.05, 0) is 45.4 Å². The predicted octanol–water partition coefficient (Wildman–Crippen LogP) is 2.30. The van der Waals surface area contributed by atoms with Crippen LogP contribution in [0.25, 0.3) is 11.0 Å². The molecule has 96 valence electrons. The molecule has 0 atom stereocenters. The molecule has 0 radical (unpaired) electrons. The molecule has 0 fully saturated rings. The molecule has 4 heteroatoms. The molecule has 0 unspecified atom stereocenters. The number of fused-ring (bicyclic) bond motifs is 1. The summed E-state index contributed by atoms with van der Waals surface area (Å²) in [6.45, 7) is 8.05. The van der Waals surface area contributed by atoms with Crippen molar-refractivity contribution in [2.24, 2.45) is 0 Å². The van der Waals surface area contributed by atoms with E-state index in [0.717, 1.165) is 17.4 Å². The molecule has 0 aliphatic heterocycles. The zero-order valence-electron chi connectivity index (χ0n) is 11.3. The van der Waals surface area contributed by atoms with Crippen LogP contribution < -0.4 is 11.0 Å². The van der Waals surface area contributed by atoms with Crippen molar-refractivity contribution < 1.29 is 0 Å². The Kier molecular flexibility index (Phi) is 3.11. The average Bonchev–Trinajstić information content (AvgIpc) is 2.31. The first-order valence-electron chi connectivity index (χ1n) is 6.20. The molecular weight excluding hydrogens is 226 g/mol. The van der Waals surface area contributed by atoms with Crippen molar-refractivity contribution in [1.82, 2.24) is 9.66 Å². The summed E-state index contributed by atoms with van der Waals surface area (Å²) in [5.41, 5.74) is 4.47. The van der Waals surface area contributed by atoms with Crippen LogP contribution >= 0.6 is 0 Å². The fourth-order valence-electron chi connectivity index (χ4n) is 1.89. The molecular formula is C14H19N3O. The molecule has 0 spiro atoms. The standard InChI is InChI=1S/C14H19N3O/c1-5-10-9-11-7-6-8-15-12(11)17(13(10)18)16-14(2,3)4/h6-9,16H,5H2,1-4H3. The van der Waals surface area contributed by atoms with Crippen molar-refractivity contribution in [1.29, 1.82) is 0 Å². The Labute approximate surface area is 107 Å². The molecule has 0 aliphatic rings. The smallest absolute Gasteiger partial charge is 0.274 e. The van der Waals surface area contributed by atoms with Gasteiger partial charge in [0.2, 0.25) is 0 Å². The number of hydrogen-bond donors (Lipinski definition) is 1. The lowest BCUT2D eigenvalue weighted by molar-refractivity contribution is 0.551. The van der Waals surface area contributed by atoms with Crippen molar-refractivity contribution in [3.8, 4) is 0 Å². The van der Waals surface area contributed by atoms with Gasteiger partial charge in [-0.25, -0.2) is 9.66 Å². The Morgan fingerprint density at radius 3 is 2.72 bits per heavy atom. The van der Waals surface area contributed by atoms with Crippen molar-refractivity contribution in [3.63, 3.8) is 0 Å². The van der Waals surface area contributed by atoms with E-state index >= 15 is 0 Å². The van der Waals surface area contributed by atoms with Crippen LogP contribution in [0.5, 0.6) is 0 Å². The molecule has 4 nitrogen and oxygen atoms in total. The van der Waals surface area contributed by atoms with Crippen LogP contribution in [0.3, 0.4) is 0 Å². The normalized spacial score (nSPS) is 11.8. The van der Waals surface area contributed by atoms with Crippen molar-refractivity contribution in [2.45, 2.75) is 39.7 Å². The maximum atomic E-state index is 12.4. The van der Waals surface area contributed by atoms with Crippen LogP contribution in [-0.2, 0) is 6.42 Å². The molecule has 0 saturated carbocycles. The van der Waals surface area contributed by atoms with Crippen LogP contribution in [-0.4, -0.2) is 15.2 Å². The summed E-state index contributed by atoms with van der Waals surface area (Å²) < 4.78 is 1.56. The minimum absolute atomic E-state index is 0.0152. The van der Waals surface area contributed by atoms with Gasteiger partial charge in [0.25, 0.3) is 5.56 Å². The van der Waals surface area contributed by atoms with Gasteiger partial charge in [-0.1, -0.05) is 6.92 Å². The minimum Gasteiger partial charge on any atom is -0.316 e. The summed E-state index contributed by atoms with van der Waals surface area (Å²) in [5, 5.41) is 0.978. The molecule has 0 saturated heterocycles. The largest absolute Gasteiger partial charge is 0.316 e. The van der Waals surface area contributed by atoms with Gasteiger partial charge in [-0.3, -0.25) is 4.79 Å². The minimum atomic E-state index is -0.194. The zero-order valence-corrected chi connectivity index (χ0v) is 11.3. The number of pyridine rings is 2. The topological polar surface area (TPSA) is 46.9 Å². The Balaban J connectivity index is 2.75. The first-order valence-corrected chi connectivity index (χ1v) is 6.20. The molecule has 0 aliphatic carbocycles. The highest BCUT2D eigenvalue weighted by atomic mass is 16.1. The number of aromatic nitrogens is 2. The third-order valence-corrected chi connectivity index (χ3v) is 2.66. The van der Waals surface area contributed by atoms with Crippen LogP contribution in [0.1, 0.15) is 33.3 Å². The zero-order chi connectivity index (χ0) is 13.3. The highest BCUT2D eigenvalue weighted by Crippen LogP contribution is 2.12. The van der Waals surface area contributed by atoms with E-state index in [-0.39, 0.29) is 11.1 Å². The Morgan fingerprint density at radius 2 is 2.11 bits per heavy atom. The second-order valence-electron chi connectivity index (χ2n) is 5.44. The van der Waals surface area contributed by atoms with Gasteiger partial charge in [-0.2, -0.15) is 0 Å². The fraction of sp³-hybridized carbons (Fsp3) is 0.429. The van der Waals surface area contributed by atoms with Gasteiger partial charge in [0.05, 0.1) is 0 Å². The van der Waals surface area contributed by atoms with Gasteiger partial charge >= 0.3 is 0 Å². The quantitative estimate of drug-likeness (QED) is 0.883. The molecule has 2 heterocycles. The fourth-order valence-corrected chi connectivity index (χ4v) is 1.89. The molecule has 0 aromatic carbocycles. The Morgan fingerprint density at radius 1 is 1.39 bits per heavy atom. The third-order valence-electron chi connectivity index (χ3n) is 2.66. The van der Waals surface area contributed by atoms with Gasteiger partial charge in [0, 0.05) is 22.7 Å². The first kappa shape index (κ1) is 12.6. The summed E-state index contributed by atoms with van der Waals surface area (Å²) in [6, 6.07) is 5.78. The van der Waals surface area contributed by atoms with Gasteiger partial charge < -0.3 is 5.43 Å². The summed E-state index contributed by atoms with van der Waals surface area (Å²) in [7, 11) is 0. The lowest BCUT2D eigenvalue weighted by Crippen LogP contribution is -2.41. The van der Waals surface area contributed by atoms with E-state index in [1.54, 1.807) is 10.9 Å². The summed E-state index contributed by atoms with van der Waals surface area (Å²) in [5.74, 6) is 0. The van der Waals surface area contributed by atoms with E-state index in [9.17, 15) is 4.79 Å². The SMILES string of the molecule is CCc1cc2cccnc2n(NC(C)(C)C)c1=O. The molecule has 2 rings (SSSR count). The van der Waals surface area contributed by atoms with E-state index in [4.69, 9.17) is 0 Å². The third kappa shape index (κ3) is 2.37. The maximum Gasteiger partial charge on any atom is 0.274 e. The Bertz CT molecular complexity index is 623. The van der Waals surface area contributed by atoms with Crippen molar-refractivity contribution in [2.75, 3.05) is 5.43 Å². The van der Waals surface area contributed by atoms with Crippen LogP contribution in [0.2, 0.25) is 0 Å². The monoisotopic (exact) mass is 245 g/mol. The molecule has 1 N–H and O–H groups in total. The highest BCUT2D eigenvalue weighted by molar-refractivity contribution is 5.75. The number of nitrogens with one attached hydrogen (secondary N) is 1. The molecule has 2 aromatic rings. The number of rotatable bonds is 2. The number of hydrogen-bond acceptors (Lipinski definition) is 3. The molecule has 18 heavy (non-hydrogen) atoms. The average molecular weight is 245 g/mol. The van der Waals surface area contributed by atoms with E-state index in [0.29, 0.717) is 5.65 Å². The van der Waals surface area contributed by atoms with Crippen molar-refractivity contribution >= 4 is 11.0 Å². The van der Waals surface area contributed by atoms with Gasteiger partial charge in [0.15, 0.2) is 5.65 Å². The van der Waals surface area contributed by atoms with Crippen LogP contribution in [0, 0.1) is 0 Å². The number of nitrogens with zero attached hydrogens (tertiary/aromatic N) is 2. The van der Waals surface area contributed by atoms with Crippen LogP contribution in [0.4, 0.5) is 0 Å².